The number of hydrogen-bond acceptors (Lipinski definition) is 6. The molecule has 3 heterocycles. The maximum Gasteiger partial charge on any atom is 0.291 e. The van der Waals surface area contributed by atoms with Crippen LogP contribution in [0.25, 0.3) is 0 Å². The van der Waals surface area contributed by atoms with Gasteiger partial charge in [0.2, 0.25) is 5.95 Å². The number of aromatic nitrogens is 2. The van der Waals surface area contributed by atoms with Gasteiger partial charge in [0.05, 0.1) is 12.3 Å². The molecule has 0 aliphatic carbocycles. The second-order valence-corrected chi connectivity index (χ2v) is 8.81. The predicted molar refractivity (Wildman–Crippen MR) is 124 cm³/mol. The maximum atomic E-state index is 12.6. The van der Waals surface area contributed by atoms with E-state index in [-0.39, 0.29) is 17.7 Å². The summed E-state index contributed by atoms with van der Waals surface area (Å²) >= 11 is 8.05. The fraction of sp³-hybridized carbons (Fsp3) is 0.174. The van der Waals surface area contributed by atoms with Crippen molar-refractivity contribution in [2.24, 2.45) is 0 Å². The van der Waals surface area contributed by atoms with Crippen LogP contribution in [0.15, 0.2) is 59.2 Å². The van der Waals surface area contributed by atoms with Crippen molar-refractivity contribution in [1.29, 1.82) is 0 Å². The van der Waals surface area contributed by atoms with E-state index in [4.69, 9.17) is 16.0 Å². The molecular formula is C23H21ClN4O2S. The quantitative estimate of drug-likeness (QED) is 0.366. The van der Waals surface area contributed by atoms with Crippen molar-refractivity contribution >= 4 is 39.8 Å². The Hall–Kier alpha value is -3.16. The summed E-state index contributed by atoms with van der Waals surface area (Å²) in [5.74, 6) is 0.431. The van der Waals surface area contributed by atoms with Crippen molar-refractivity contribution in [2.75, 3.05) is 10.6 Å². The molecule has 2 N–H and O–H groups in total. The number of nitrogens with one attached hydrogen (secondary N) is 2. The van der Waals surface area contributed by atoms with E-state index in [1.807, 2.05) is 57.2 Å². The van der Waals surface area contributed by atoms with Gasteiger partial charge < -0.3 is 15.1 Å². The van der Waals surface area contributed by atoms with Crippen molar-refractivity contribution < 1.29 is 9.21 Å². The van der Waals surface area contributed by atoms with Crippen molar-refractivity contribution in [3.63, 3.8) is 0 Å². The molecule has 1 amide bonds. The Bertz CT molecular complexity index is 1200. The second-order valence-electron chi connectivity index (χ2n) is 7.15. The van der Waals surface area contributed by atoms with Gasteiger partial charge in [-0.2, -0.15) is 0 Å². The van der Waals surface area contributed by atoms with Gasteiger partial charge in [0.15, 0.2) is 5.76 Å². The van der Waals surface area contributed by atoms with Crippen LogP contribution >= 0.6 is 22.9 Å². The highest BCUT2D eigenvalue weighted by molar-refractivity contribution is 7.16. The maximum absolute atomic E-state index is 12.6. The fourth-order valence-corrected chi connectivity index (χ4v) is 4.56. The smallest absolute Gasteiger partial charge is 0.291 e. The second kappa shape index (κ2) is 8.91. The van der Waals surface area contributed by atoms with E-state index in [2.05, 4.69) is 20.6 Å². The van der Waals surface area contributed by atoms with Crippen LogP contribution in [0.4, 0.5) is 10.9 Å². The minimum Gasteiger partial charge on any atom is -0.459 e. The van der Waals surface area contributed by atoms with E-state index >= 15 is 0 Å². The van der Waals surface area contributed by atoms with Crippen molar-refractivity contribution in [3.05, 3.63) is 93.0 Å². The highest BCUT2D eigenvalue weighted by atomic mass is 35.5. The number of thiophene rings is 1. The number of benzene rings is 1. The Morgan fingerprint density at radius 2 is 1.77 bits per heavy atom. The molecule has 4 rings (SSSR count). The van der Waals surface area contributed by atoms with Gasteiger partial charge in [0, 0.05) is 26.9 Å². The molecule has 3 aromatic heterocycles. The molecule has 0 unspecified atom stereocenters. The molecule has 158 valence electrons. The first-order chi connectivity index (χ1) is 14.9. The Morgan fingerprint density at radius 1 is 1.03 bits per heavy atom. The minimum absolute atomic E-state index is 0.247. The average Bonchev–Trinajstić information content (AvgIpc) is 3.36. The molecule has 0 aliphatic heterocycles. The summed E-state index contributed by atoms with van der Waals surface area (Å²) in [6.45, 7) is 5.84. The molecule has 31 heavy (non-hydrogen) atoms. The van der Waals surface area contributed by atoms with Crippen LogP contribution < -0.4 is 10.6 Å². The molecule has 0 spiro atoms. The summed E-state index contributed by atoms with van der Waals surface area (Å²) < 4.78 is 5.24. The Balaban J connectivity index is 1.77. The first-order valence-electron chi connectivity index (χ1n) is 9.69. The van der Waals surface area contributed by atoms with E-state index in [0.29, 0.717) is 16.0 Å². The number of carbonyl (C=O) groups excluding carboxylic acids is 1. The lowest BCUT2D eigenvalue weighted by Crippen LogP contribution is -2.18. The van der Waals surface area contributed by atoms with Crippen LogP contribution in [0.1, 0.15) is 44.0 Å². The van der Waals surface area contributed by atoms with Crippen LogP contribution in [0.3, 0.4) is 0 Å². The number of rotatable bonds is 6. The number of nitrogens with zero attached hydrogens (tertiary/aromatic N) is 2. The van der Waals surface area contributed by atoms with Gasteiger partial charge in [0.25, 0.3) is 5.91 Å². The number of carbonyl (C=O) groups is 1. The summed E-state index contributed by atoms with van der Waals surface area (Å²) in [4.78, 5) is 22.7. The van der Waals surface area contributed by atoms with Crippen LogP contribution in [0.5, 0.6) is 0 Å². The molecule has 0 bridgehead atoms. The molecular weight excluding hydrogens is 432 g/mol. The predicted octanol–water partition coefficient (Wildman–Crippen LogP) is 6.16. The minimum atomic E-state index is -0.369. The summed E-state index contributed by atoms with van der Waals surface area (Å²) in [5, 5.41) is 7.71. The van der Waals surface area contributed by atoms with Crippen molar-refractivity contribution in [3.8, 4) is 0 Å². The average molecular weight is 453 g/mol. The Morgan fingerprint density at radius 3 is 2.45 bits per heavy atom. The number of hydrogen-bond donors (Lipinski definition) is 2. The molecule has 0 saturated heterocycles. The van der Waals surface area contributed by atoms with Gasteiger partial charge in [-0.15, -0.1) is 11.3 Å². The van der Waals surface area contributed by atoms with E-state index in [1.165, 1.54) is 17.6 Å². The Kier molecular flexibility index (Phi) is 6.06. The molecule has 1 aromatic carbocycles. The Labute approximate surface area is 189 Å². The van der Waals surface area contributed by atoms with Crippen molar-refractivity contribution in [2.45, 2.75) is 26.8 Å². The summed E-state index contributed by atoms with van der Waals surface area (Å²) in [5.41, 5.74) is 3.46. The molecule has 0 fully saturated rings. The standard InChI is InChI=1S/C23H21ClN4O2S/c1-13-11-14(2)26-23(25-13)27-20(16-7-4-5-8-18(16)24)17-12-15(3)31-22(17)28-21(29)19-9-6-10-30-19/h4-12,20H,1-3H3,(H,28,29)(H,25,26,27)/t20-/m0/s1. The third kappa shape index (κ3) is 4.78. The SMILES string of the molecule is Cc1cc(C)nc(N[C@@H](c2ccccc2Cl)c2cc(C)sc2NC(=O)c2ccco2)n1. The van der Waals surface area contributed by atoms with E-state index in [0.717, 1.165) is 27.4 Å². The van der Waals surface area contributed by atoms with Gasteiger partial charge in [0.1, 0.15) is 5.00 Å². The largest absolute Gasteiger partial charge is 0.459 e. The number of aryl methyl sites for hydroxylation is 3. The lowest BCUT2D eigenvalue weighted by atomic mass is 10.00. The fourth-order valence-electron chi connectivity index (χ4n) is 3.37. The lowest BCUT2D eigenvalue weighted by Gasteiger charge is -2.21. The van der Waals surface area contributed by atoms with E-state index in [1.54, 1.807) is 12.1 Å². The third-order valence-corrected chi connectivity index (χ3v) is 5.96. The molecule has 0 saturated carbocycles. The zero-order valence-electron chi connectivity index (χ0n) is 17.3. The number of furan rings is 1. The monoisotopic (exact) mass is 452 g/mol. The highest BCUT2D eigenvalue weighted by Crippen LogP contribution is 2.39. The molecule has 0 aliphatic rings. The first-order valence-corrected chi connectivity index (χ1v) is 10.9. The van der Waals surface area contributed by atoms with Crippen LogP contribution in [0.2, 0.25) is 5.02 Å². The number of halogens is 1. The number of amides is 1. The normalized spacial score (nSPS) is 11.9. The summed E-state index contributed by atoms with van der Waals surface area (Å²) in [6.07, 6.45) is 1.47. The molecule has 6 nitrogen and oxygen atoms in total. The van der Waals surface area contributed by atoms with Crippen molar-refractivity contribution in [1.82, 2.24) is 9.97 Å². The summed E-state index contributed by atoms with van der Waals surface area (Å²) in [7, 11) is 0. The lowest BCUT2D eigenvalue weighted by molar-refractivity contribution is 0.0997. The molecule has 1 atom stereocenters. The van der Waals surface area contributed by atoms with E-state index < -0.39 is 0 Å². The van der Waals surface area contributed by atoms with Crippen LogP contribution in [-0.4, -0.2) is 15.9 Å². The third-order valence-electron chi connectivity index (χ3n) is 4.64. The zero-order valence-corrected chi connectivity index (χ0v) is 18.8. The summed E-state index contributed by atoms with van der Waals surface area (Å²) in [6, 6.07) is 14.5. The van der Waals surface area contributed by atoms with Gasteiger partial charge >= 0.3 is 0 Å². The van der Waals surface area contributed by atoms with Gasteiger partial charge in [-0.1, -0.05) is 29.8 Å². The van der Waals surface area contributed by atoms with E-state index in [9.17, 15) is 4.79 Å². The highest BCUT2D eigenvalue weighted by Gasteiger charge is 2.24. The molecule has 8 heteroatoms. The zero-order chi connectivity index (χ0) is 22.0. The van der Waals surface area contributed by atoms with Crippen LogP contribution in [-0.2, 0) is 0 Å². The topological polar surface area (TPSA) is 80.0 Å². The van der Waals surface area contributed by atoms with Gasteiger partial charge in [-0.05, 0) is 56.7 Å². The molecule has 4 aromatic rings. The van der Waals surface area contributed by atoms with Gasteiger partial charge in [-0.3, -0.25) is 4.79 Å². The first kappa shape index (κ1) is 21.1. The molecule has 0 radical (unpaired) electrons. The number of anilines is 2. The van der Waals surface area contributed by atoms with Crippen LogP contribution in [0, 0.1) is 20.8 Å². The van der Waals surface area contributed by atoms with Gasteiger partial charge in [-0.25, -0.2) is 9.97 Å².